The van der Waals surface area contributed by atoms with Crippen LogP contribution in [0.4, 0.5) is 6.01 Å². The average Bonchev–Trinajstić information content (AvgIpc) is 2.78. The van der Waals surface area contributed by atoms with Gasteiger partial charge in [-0.2, -0.15) is 4.98 Å². The standard InChI is InChI=1S/C8H9N5O2/c1-9-8-12-7(13-15-8)5-3-6(14-2)11-4-10-5/h3-4H,1-2H3,(H,9,12,13). The molecule has 7 nitrogen and oxygen atoms in total. The van der Waals surface area contributed by atoms with Crippen LogP contribution in [0.1, 0.15) is 0 Å². The maximum atomic E-state index is 4.96. The fraction of sp³-hybridized carbons (Fsp3) is 0.250. The molecule has 0 aliphatic heterocycles. The van der Waals surface area contributed by atoms with Gasteiger partial charge >= 0.3 is 6.01 Å². The summed E-state index contributed by atoms with van der Waals surface area (Å²) in [5, 5.41) is 6.47. The minimum absolute atomic E-state index is 0.336. The highest BCUT2D eigenvalue weighted by molar-refractivity contribution is 5.50. The molecular weight excluding hydrogens is 198 g/mol. The summed E-state index contributed by atoms with van der Waals surface area (Å²) in [6.07, 6.45) is 1.38. The van der Waals surface area contributed by atoms with E-state index in [-0.39, 0.29) is 0 Å². The molecule has 0 radical (unpaired) electrons. The number of ether oxygens (including phenoxy) is 1. The van der Waals surface area contributed by atoms with E-state index >= 15 is 0 Å². The van der Waals surface area contributed by atoms with Crippen molar-refractivity contribution < 1.29 is 9.26 Å². The van der Waals surface area contributed by atoms with Crippen LogP contribution in [0.15, 0.2) is 16.9 Å². The molecule has 0 aliphatic rings. The van der Waals surface area contributed by atoms with Gasteiger partial charge in [0.25, 0.3) is 0 Å². The van der Waals surface area contributed by atoms with Crippen LogP contribution in [-0.4, -0.2) is 34.3 Å². The molecule has 78 valence electrons. The van der Waals surface area contributed by atoms with Crippen LogP contribution < -0.4 is 10.1 Å². The van der Waals surface area contributed by atoms with E-state index in [2.05, 4.69) is 25.4 Å². The van der Waals surface area contributed by atoms with Crippen LogP contribution >= 0.6 is 0 Å². The summed E-state index contributed by atoms with van der Waals surface area (Å²) in [6.45, 7) is 0. The first kappa shape index (κ1) is 9.38. The van der Waals surface area contributed by atoms with E-state index in [1.807, 2.05) is 0 Å². The molecule has 0 fully saturated rings. The summed E-state index contributed by atoms with van der Waals surface area (Å²) in [7, 11) is 3.22. The molecule has 0 unspecified atom stereocenters. The van der Waals surface area contributed by atoms with E-state index in [1.54, 1.807) is 13.1 Å². The van der Waals surface area contributed by atoms with Gasteiger partial charge < -0.3 is 14.6 Å². The highest BCUT2D eigenvalue weighted by atomic mass is 16.5. The Morgan fingerprint density at radius 3 is 2.93 bits per heavy atom. The first-order chi connectivity index (χ1) is 7.33. The lowest BCUT2D eigenvalue weighted by atomic mass is 10.4. The van der Waals surface area contributed by atoms with Crippen molar-refractivity contribution in [1.29, 1.82) is 0 Å². The quantitative estimate of drug-likeness (QED) is 0.787. The first-order valence-electron chi connectivity index (χ1n) is 4.21. The maximum absolute atomic E-state index is 4.96. The first-order valence-corrected chi connectivity index (χ1v) is 4.21. The van der Waals surface area contributed by atoms with Crippen molar-refractivity contribution in [3.05, 3.63) is 12.4 Å². The third kappa shape index (κ3) is 1.85. The molecule has 0 atom stereocenters. The van der Waals surface area contributed by atoms with Crippen molar-refractivity contribution in [3.8, 4) is 17.4 Å². The second-order valence-corrected chi connectivity index (χ2v) is 2.62. The van der Waals surface area contributed by atoms with Gasteiger partial charge in [-0.05, 0) is 0 Å². The molecule has 2 heterocycles. The monoisotopic (exact) mass is 207 g/mol. The molecule has 15 heavy (non-hydrogen) atoms. The predicted molar refractivity (Wildman–Crippen MR) is 51.4 cm³/mol. The molecule has 1 N–H and O–H groups in total. The molecule has 0 saturated carbocycles. The van der Waals surface area contributed by atoms with Crippen LogP contribution in [-0.2, 0) is 0 Å². The van der Waals surface area contributed by atoms with E-state index in [0.29, 0.717) is 23.4 Å². The second-order valence-electron chi connectivity index (χ2n) is 2.62. The van der Waals surface area contributed by atoms with E-state index < -0.39 is 0 Å². The zero-order valence-electron chi connectivity index (χ0n) is 8.26. The van der Waals surface area contributed by atoms with E-state index in [4.69, 9.17) is 9.26 Å². The van der Waals surface area contributed by atoms with Gasteiger partial charge in [0.05, 0.1) is 7.11 Å². The minimum Gasteiger partial charge on any atom is -0.481 e. The van der Waals surface area contributed by atoms with E-state index in [1.165, 1.54) is 13.4 Å². The lowest BCUT2D eigenvalue weighted by Crippen LogP contribution is -1.92. The minimum atomic E-state index is 0.336. The van der Waals surface area contributed by atoms with Gasteiger partial charge in [0.2, 0.25) is 11.7 Å². The molecule has 2 aromatic rings. The third-order valence-corrected chi connectivity index (χ3v) is 1.72. The van der Waals surface area contributed by atoms with Crippen LogP contribution in [0.5, 0.6) is 5.88 Å². The summed E-state index contributed by atoms with van der Waals surface area (Å²) in [6, 6.07) is 1.96. The Morgan fingerprint density at radius 2 is 2.27 bits per heavy atom. The Hall–Kier alpha value is -2.18. The molecule has 7 heteroatoms. The van der Waals surface area contributed by atoms with Gasteiger partial charge in [-0.15, -0.1) is 0 Å². The van der Waals surface area contributed by atoms with Crippen LogP contribution in [0.25, 0.3) is 11.5 Å². The lowest BCUT2D eigenvalue weighted by molar-refractivity contribution is 0.397. The molecule has 0 saturated heterocycles. The number of hydrogen-bond donors (Lipinski definition) is 1. The number of anilines is 1. The molecule has 2 aromatic heterocycles. The van der Waals surface area contributed by atoms with Gasteiger partial charge in [-0.25, -0.2) is 9.97 Å². The van der Waals surface area contributed by atoms with Crippen molar-refractivity contribution in [2.45, 2.75) is 0 Å². The Morgan fingerprint density at radius 1 is 1.40 bits per heavy atom. The number of nitrogens with zero attached hydrogens (tertiary/aromatic N) is 4. The van der Waals surface area contributed by atoms with Gasteiger partial charge in [-0.1, -0.05) is 5.16 Å². The summed E-state index contributed by atoms with van der Waals surface area (Å²) in [5.41, 5.74) is 0.548. The van der Waals surface area contributed by atoms with Crippen molar-refractivity contribution in [3.63, 3.8) is 0 Å². The van der Waals surface area contributed by atoms with Crippen molar-refractivity contribution in [1.82, 2.24) is 20.1 Å². The van der Waals surface area contributed by atoms with Crippen LogP contribution in [0.3, 0.4) is 0 Å². The SMILES string of the molecule is CNc1nc(-c2cc(OC)ncn2)no1. The average molecular weight is 207 g/mol. The molecule has 0 bridgehead atoms. The number of methoxy groups -OCH3 is 1. The molecule has 0 spiro atoms. The van der Waals surface area contributed by atoms with Gasteiger partial charge in [0.1, 0.15) is 12.0 Å². The zero-order chi connectivity index (χ0) is 10.7. The Balaban J connectivity index is 2.35. The van der Waals surface area contributed by atoms with Gasteiger partial charge in [0, 0.05) is 13.1 Å². The number of aromatic nitrogens is 4. The Kier molecular flexibility index (Phi) is 2.44. The van der Waals surface area contributed by atoms with Crippen molar-refractivity contribution in [2.75, 3.05) is 19.5 Å². The second kappa shape index (κ2) is 3.91. The van der Waals surface area contributed by atoms with Crippen LogP contribution in [0.2, 0.25) is 0 Å². The Bertz CT molecular complexity index is 456. The lowest BCUT2D eigenvalue weighted by Gasteiger charge is -1.97. The van der Waals surface area contributed by atoms with Crippen molar-refractivity contribution >= 4 is 6.01 Å². The summed E-state index contributed by atoms with van der Waals surface area (Å²) >= 11 is 0. The van der Waals surface area contributed by atoms with E-state index in [0.717, 1.165) is 0 Å². The summed E-state index contributed by atoms with van der Waals surface area (Å²) in [4.78, 5) is 11.9. The van der Waals surface area contributed by atoms with Crippen molar-refractivity contribution in [2.24, 2.45) is 0 Å². The summed E-state index contributed by atoms with van der Waals surface area (Å²) in [5.74, 6) is 0.843. The number of rotatable bonds is 3. The fourth-order valence-electron chi connectivity index (χ4n) is 1.00. The number of nitrogens with one attached hydrogen (secondary N) is 1. The molecule has 0 aliphatic carbocycles. The molecule has 0 amide bonds. The van der Waals surface area contributed by atoms with Gasteiger partial charge in [0.15, 0.2) is 0 Å². The molecule has 0 aromatic carbocycles. The number of hydrogen-bond acceptors (Lipinski definition) is 7. The Labute approximate surface area is 85.5 Å². The smallest absolute Gasteiger partial charge is 0.321 e. The highest BCUT2D eigenvalue weighted by Crippen LogP contribution is 2.17. The predicted octanol–water partition coefficient (Wildman–Crippen LogP) is 0.577. The molecule has 2 rings (SSSR count). The molecular formula is C8H9N5O2. The van der Waals surface area contributed by atoms with Crippen LogP contribution in [0, 0.1) is 0 Å². The topological polar surface area (TPSA) is 86.0 Å². The zero-order valence-corrected chi connectivity index (χ0v) is 8.26. The summed E-state index contributed by atoms with van der Waals surface area (Å²) < 4.78 is 9.82. The van der Waals surface area contributed by atoms with Gasteiger partial charge in [-0.3, -0.25) is 0 Å². The van der Waals surface area contributed by atoms with E-state index in [9.17, 15) is 0 Å². The highest BCUT2D eigenvalue weighted by Gasteiger charge is 2.09. The maximum Gasteiger partial charge on any atom is 0.321 e. The fourth-order valence-corrected chi connectivity index (χ4v) is 1.00. The largest absolute Gasteiger partial charge is 0.481 e. The normalized spacial score (nSPS) is 10.0. The third-order valence-electron chi connectivity index (χ3n) is 1.72.